The first-order valence-corrected chi connectivity index (χ1v) is 6.08. The van der Waals surface area contributed by atoms with Crippen LogP contribution in [0.4, 0.5) is 14.5 Å². The fourth-order valence-electron chi connectivity index (χ4n) is 1.31. The van der Waals surface area contributed by atoms with Crippen LogP contribution in [0.15, 0.2) is 18.2 Å². The molecule has 0 radical (unpaired) electrons. The number of carbonyl (C=O) groups excluding carboxylic acids is 3. The van der Waals surface area contributed by atoms with Crippen molar-refractivity contribution in [1.82, 2.24) is 5.32 Å². The second-order valence-corrected chi connectivity index (χ2v) is 4.05. The van der Waals surface area contributed by atoms with Gasteiger partial charge in [-0.2, -0.15) is 0 Å². The molecule has 120 valence electrons. The van der Waals surface area contributed by atoms with Crippen molar-refractivity contribution in [1.29, 1.82) is 0 Å². The summed E-state index contributed by atoms with van der Waals surface area (Å²) in [5.74, 6) is -4.20. The lowest BCUT2D eigenvalue weighted by Crippen LogP contribution is -2.35. The lowest BCUT2D eigenvalue weighted by atomic mass is 10.3. The molecule has 0 aliphatic carbocycles. The molecule has 0 aliphatic rings. The number of rotatable bonds is 7. The van der Waals surface area contributed by atoms with E-state index in [9.17, 15) is 23.2 Å². The van der Waals surface area contributed by atoms with Crippen LogP contribution in [0.25, 0.3) is 0 Å². The van der Waals surface area contributed by atoms with Crippen molar-refractivity contribution in [2.24, 2.45) is 0 Å². The normalized spacial score (nSPS) is 9.95. The van der Waals surface area contributed by atoms with Crippen LogP contribution in [0, 0.1) is 11.6 Å². The molecule has 0 saturated carbocycles. The quantitative estimate of drug-likeness (QED) is 0.701. The summed E-state index contributed by atoms with van der Waals surface area (Å²) in [6, 6.07) is 2.84. The number of esters is 1. The molecule has 7 nitrogen and oxygen atoms in total. The van der Waals surface area contributed by atoms with Crippen LogP contribution in [-0.4, -0.2) is 44.7 Å². The van der Waals surface area contributed by atoms with E-state index in [1.165, 1.54) is 13.2 Å². The highest BCUT2D eigenvalue weighted by Gasteiger charge is 2.10. The molecule has 0 aromatic heterocycles. The third-order valence-corrected chi connectivity index (χ3v) is 2.28. The third kappa shape index (κ3) is 6.27. The van der Waals surface area contributed by atoms with Gasteiger partial charge in [0.05, 0.1) is 6.54 Å². The topological polar surface area (TPSA) is 93.7 Å². The minimum absolute atomic E-state index is 0.0460. The molecule has 0 heterocycles. The van der Waals surface area contributed by atoms with Crippen LogP contribution in [0.5, 0.6) is 0 Å². The average Bonchev–Trinajstić information content (AvgIpc) is 2.47. The predicted molar refractivity (Wildman–Crippen MR) is 70.8 cm³/mol. The second kappa shape index (κ2) is 8.67. The Labute approximate surface area is 124 Å². The highest BCUT2D eigenvalue weighted by molar-refractivity contribution is 5.94. The monoisotopic (exact) mass is 316 g/mol. The Hall–Kier alpha value is -2.55. The number of halogens is 2. The van der Waals surface area contributed by atoms with Gasteiger partial charge in [0.2, 0.25) is 5.91 Å². The summed E-state index contributed by atoms with van der Waals surface area (Å²) in [5.41, 5.74) is 0.0460. The smallest absolute Gasteiger partial charge is 0.332 e. The molecular formula is C13H14F2N2O5. The molecular weight excluding hydrogens is 302 g/mol. The Balaban J connectivity index is 2.31. The molecule has 0 unspecified atom stereocenters. The Morgan fingerprint density at radius 1 is 1.09 bits per heavy atom. The molecule has 2 N–H and O–H groups in total. The average molecular weight is 316 g/mol. The van der Waals surface area contributed by atoms with Gasteiger partial charge < -0.3 is 20.1 Å². The number of anilines is 1. The minimum atomic E-state index is -1.10. The lowest BCUT2D eigenvalue weighted by Gasteiger charge is -2.07. The number of carbonyl (C=O) groups is 3. The fourth-order valence-corrected chi connectivity index (χ4v) is 1.31. The molecule has 1 aromatic rings. The summed E-state index contributed by atoms with van der Waals surface area (Å²) in [5, 5.41) is 4.45. The van der Waals surface area contributed by atoms with Crippen LogP contribution < -0.4 is 10.6 Å². The van der Waals surface area contributed by atoms with Gasteiger partial charge in [-0.05, 0) is 12.1 Å². The van der Waals surface area contributed by atoms with E-state index in [1.54, 1.807) is 0 Å². The predicted octanol–water partition coefficient (Wildman–Crippen LogP) is 0.209. The van der Waals surface area contributed by atoms with Crippen molar-refractivity contribution >= 4 is 23.5 Å². The van der Waals surface area contributed by atoms with E-state index >= 15 is 0 Å². The van der Waals surface area contributed by atoms with Gasteiger partial charge in [0.15, 0.2) is 18.2 Å². The molecule has 0 fully saturated rings. The van der Waals surface area contributed by atoms with Crippen molar-refractivity contribution in [3.05, 3.63) is 29.8 Å². The van der Waals surface area contributed by atoms with Crippen molar-refractivity contribution in [3.63, 3.8) is 0 Å². The Morgan fingerprint density at radius 2 is 1.82 bits per heavy atom. The van der Waals surface area contributed by atoms with Gasteiger partial charge in [-0.1, -0.05) is 0 Å². The molecule has 0 spiro atoms. The van der Waals surface area contributed by atoms with Gasteiger partial charge in [-0.25, -0.2) is 13.6 Å². The summed E-state index contributed by atoms with van der Waals surface area (Å²) in [4.78, 5) is 33.7. The highest BCUT2D eigenvalue weighted by Crippen LogP contribution is 2.12. The molecule has 0 saturated heterocycles. The second-order valence-electron chi connectivity index (χ2n) is 4.05. The number of benzene rings is 1. The lowest BCUT2D eigenvalue weighted by molar-refractivity contribution is -0.152. The molecule has 0 aliphatic heterocycles. The Kier molecular flexibility index (Phi) is 6.90. The van der Waals surface area contributed by atoms with E-state index in [2.05, 4.69) is 20.1 Å². The number of amides is 2. The highest BCUT2D eigenvalue weighted by atomic mass is 19.2. The van der Waals surface area contributed by atoms with Gasteiger partial charge in [0, 0.05) is 18.9 Å². The van der Waals surface area contributed by atoms with E-state index in [-0.39, 0.29) is 12.3 Å². The van der Waals surface area contributed by atoms with E-state index in [0.717, 1.165) is 12.1 Å². The first-order chi connectivity index (χ1) is 10.4. The van der Waals surface area contributed by atoms with Gasteiger partial charge in [0.25, 0.3) is 5.91 Å². The van der Waals surface area contributed by atoms with Crippen LogP contribution in [0.2, 0.25) is 0 Å². The van der Waals surface area contributed by atoms with Crippen LogP contribution in [0.3, 0.4) is 0 Å². The minimum Gasteiger partial charge on any atom is -0.454 e. The molecule has 0 atom stereocenters. The van der Waals surface area contributed by atoms with Crippen molar-refractivity contribution in [2.75, 3.05) is 32.2 Å². The maximum Gasteiger partial charge on any atom is 0.332 e. The largest absolute Gasteiger partial charge is 0.454 e. The van der Waals surface area contributed by atoms with E-state index in [4.69, 9.17) is 0 Å². The van der Waals surface area contributed by atoms with Gasteiger partial charge in [-0.15, -0.1) is 0 Å². The summed E-state index contributed by atoms with van der Waals surface area (Å²) >= 11 is 0. The van der Waals surface area contributed by atoms with Crippen LogP contribution in [-0.2, 0) is 23.9 Å². The molecule has 1 rings (SSSR count). The number of ether oxygens (including phenoxy) is 2. The van der Waals surface area contributed by atoms with Crippen LogP contribution in [0.1, 0.15) is 0 Å². The van der Waals surface area contributed by atoms with Crippen molar-refractivity contribution in [2.45, 2.75) is 0 Å². The Bertz CT molecular complexity index is 565. The molecule has 0 bridgehead atoms. The van der Waals surface area contributed by atoms with Crippen molar-refractivity contribution < 1.29 is 32.6 Å². The maximum absolute atomic E-state index is 12.9. The third-order valence-electron chi connectivity index (χ3n) is 2.28. The summed E-state index contributed by atoms with van der Waals surface area (Å²) in [7, 11) is 1.30. The maximum atomic E-state index is 12.9. The van der Waals surface area contributed by atoms with Crippen molar-refractivity contribution in [3.8, 4) is 0 Å². The van der Waals surface area contributed by atoms with Gasteiger partial charge in [-0.3, -0.25) is 9.59 Å². The number of nitrogens with one attached hydrogen (secondary N) is 2. The zero-order valence-corrected chi connectivity index (χ0v) is 11.7. The first kappa shape index (κ1) is 17.5. The fraction of sp³-hybridized carbons (Fsp3) is 0.308. The molecule has 22 heavy (non-hydrogen) atoms. The number of hydrogen-bond acceptors (Lipinski definition) is 5. The van der Waals surface area contributed by atoms with E-state index in [1.807, 2.05) is 0 Å². The molecule has 2 amide bonds. The summed E-state index contributed by atoms with van der Waals surface area (Å²) in [6.45, 7) is -1.26. The molecule has 9 heteroatoms. The van der Waals surface area contributed by atoms with Gasteiger partial charge >= 0.3 is 5.97 Å². The SMILES string of the molecule is COCC(=O)OCC(=O)NCC(=O)Nc1ccc(F)c(F)c1. The van der Waals surface area contributed by atoms with Crippen LogP contribution >= 0.6 is 0 Å². The summed E-state index contributed by atoms with van der Waals surface area (Å²) < 4.78 is 34.6. The Morgan fingerprint density at radius 3 is 2.45 bits per heavy atom. The van der Waals surface area contributed by atoms with E-state index < -0.39 is 42.6 Å². The number of methoxy groups -OCH3 is 1. The standard InChI is InChI=1S/C13H14F2N2O5/c1-21-7-13(20)22-6-12(19)16-5-11(18)17-8-2-3-9(14)10(15)4-8/h2-4H,5-7H2,1H3,(H,16,19)(H,17,18). The molecule has 1 aromatic carbocycles. The summed E-state index contributed by atoms with van der Waals surface area (Å²) in [6.07, 6.45) is 0. The van der Waals surface area contributed by atoms with E-state index in [0.29, 0.717) is 0 Å². The zero-order valence-electron chi connectivity index (χ0n) is 11.7. The number of hydrogen-bond donors (Lipinski definition) is 2. The first-order valence-electron chi connectivity index (χ1n) is 6.08. The van der Waals surface area contributed by atoms with Gasteiger partial charge in [0.1, 0.15) is 6.61 Å². The zero-order chi connectivity index (χ0) is 16.5.